The summed E-state index contributed by atoms with van der Waals surface area (Å²) in [4.78, 5) is 10.6. The normalized spacial score (nSPS) is 10.6. The largest absolute Gasteiger partial charge is 0.399 e. The number of carbonyl (C=O) groups is 1. The van der Waals surface area contributed by atoms with Crippen LogP contribution in [0, 0.1) is 0 Å². The van der Waals surface area contributed by atoms with Crippen LogP contribution in [0.1, 0.15) is 18.9 Å². The lowest BCUT2D eigenvalue weighted by atomic mass is 10.2. The van der Waals surface area contributed by atoms with Gasteiger partial charge in [0.1, 0.15) is 0 Å². The summed E-state index contributed by atoms with van der Waals surface area (Å²) < 4.78 is 0. The van der Waals surface area contributed by atoms with Crippen molar-refractivity contribution in [2.75, 3.05) is 12.3 Å². The molecule has 16 heavy (non-hydrogen) atoms. The van der Waals surface area contributed by atoms with Gasteiger partial charge in [0.05, 0.1) is 0 Å². The number of halogens is 1. The molecular formula is C12H15ClN2O. The van der Waals surface area contributed by atoms with Gasteiger partial charge in [-0.3, -0.25) is 4.79 Å². The van der Waals surface area contributed by atoms with Crippen molar-refractivity contribution in [2.45, 2.75) is 13.3 Å². The minimum Gasteiger partial charge on any atom is -0.399 e. The number of amides is 1. The summed E-state index contributed by atoms with van der Waals surface area (Å²) in [6, 6.07) is 5.39. The summed E-state index contributed by atoms with van der Waals surface area (Å²) in [6.07, 6.45) is 4.69. The number of hydrogen-bond acceptors (Lipinski definition) is 2. The first-order valence-electron chi connectivity index (χ1n) is 5.05. The molecule has 0 saturated carbocycles. The Morgan fingerprint density at radius 3 is 2.88 bits per heavy atom. The first kappa shape index (κ1) is 12.6. The maximum absolute atomic E-state index is 10.6. The SMILES string of the molecule is CC(=O)NCCC=Cc1cc(N)cc(Cl)c1. The van der Waals surface area contributed by atoms with Crippen LogP contribution in [0.3, 0.4) is 0 Å². The molecule has 3 N–H and O–H groups in total. The Morgan fingerprint density at radius 2 is 2.25 bits per heavy atom. The molecule has 1 aromatic carbocycles. The number of hydrogen-bond donors (Lipinski definition) is 2. The molecular weight excluding hydrogens is 224 g/mol. The molecule has 0 radical (unpaired) electrons. The van der Waals surface area contributed by atoms with Crippen molar-refractivity contribution in [3.05, 3.63) is 34.9 Å². The van der Waals surface area contributed by atoms with Crippen LogP contribution < -0.4 is 11.1 Å². The van der Waals surface area contributed by atoms with Crippen molar-refractivity contribution in [2.24, 2.45) is 0 Å². The van der Waals surface area contributed by atoms with Crippen LogP contribution in [0.4, 0.5) is 5.69 Å². The smallest absolute Gasteiger partial charge is 0.216 e. The molecule has 4 heteroatoms. The van der Waals surface area contributed by atoms with E-state index in [4.69, 9.17) is 17.3 Å². The molecule has 0 spiro atoms. The van der Waals surface area contributed by atoms with E-state index in [0.717, 1.165) is 12.0 Å². The van der Waals surface area contributed by atoms with E-state index in [1.807, 2.05) is 24.3 Å². The minimum atomic E-state index is -0.0135. The van der Waals surface area contributed by atoms with E-state index in [9.17, 15) is 4.79 Å². The first-order valence-corrected chi connectivity index (χ1v) is 5.43. The highest BCUT2D eigenvalue weighted by molar-refractivity contribution is 6.31. The fraction of sp³-hybridized carbons (Fsp3) is 0.250. The fourth-order valence-corrected chi connectivity index (χ4v) is 1.54. The Kier molecular flexibility index (Phi) is 4.86. The Hall–Kier alpha value is -1.48. The highest BCUT2D eigenvalue weighted by Crippen LogP contribution is 2.17. The molecule has 0 heterocycles. The highest BCUT2D eigenvalue weighted by Gasteiger charge is 1.93. The lowest BCUT2D eigenvalue weighted by Gasteiger charge is -1.99. The quantitative estimate of drug-likeness (QED) is 0.625. The Bertz CT molecular complexity index is 382. The number of benzene rings is 1. The second kappa shape index (κ2) is 6.18. The van der Waals surface area contributed by atoms with Crippen molar-refractivity contribution >= 4 is 29.3 Å². The Morgan fingerprint density at radius 1 is 1.50 bits per heavy atom. The zero-order chi connectivity index (χ0) is 12.0. The third-order valence-corrected chi connectivity index (χ3v) is 2.16. The van der Waals surface area contributed by atoms with Gasteiger partial charge in [-0.05, 0) is 30.2 Å². The van der Waals surface area contributed by atoms with E-state index in [0.29, 0.717) is 17.3 Å². The van der Waals surface area contributed by atoms with Crippen molar-refractivity contribution in [1.29, 1.82) is 0 Å². The van der Waals surface area contributed by atoms with Crippen LogP contribution >= 0.6 is 11.6 Å². The van der Waals surface area contributed by atoms with Crippen LogP contribution in [0.5, 0.6) is 0 Å². The average molecular weight is 239 g/mol. The fourth-order valence-electron chi connectivity index (χ4n) is 1.28. The maximum atomic E-state index is 10.6. The van der Waals surface area contributed by atoms with Crippen LogP contribution in [0.25, 0.3) is 6.08 Å². The lowest BCUT2D eigenvalue weighted by Crippen LogP contribution is -2.20. The summed E-state index contributed by atoms with van der Waals surface area (Å²) in [6.45, 7) is 2.14. The third-order valence-electron chi connectivity index (χ3n) is 1.94. The van der Waals surface area contributed by atoms with Crippen LogP contribution in [0.2, 0.25) is 5.02 Å². The summed E-state index contributed by atoms with van der Waals surface area (Å²) in [5.41, 5.74) is 7.27. The van der Waals surface area contributed by atoms with E-state index in [2.05, 4.69) is 5.32 Å². The van der Waals surface area contributed by atoms with Crippen LogP contribution in [-0.2, 0) is 4.79 Å². The lowest BCUT2D eigenvalue weighted by molar-refractivity contribution is -0.118. The van der Waals surface area contributed by atoms with Gasteiger partial charge < -0.3 is 11.1 Å². The molecule has 0 aliphatic rings. The van der Waals surface area contributed by atoms with Crippen LogP contribution in [-0.4, -0.2) is 12.5 Å². The average Bonchev–Trinajstić information content (AvgIpc) is 2.15. The molecule has 0 saturated heterocycles. The molecule has 0 aliphatic carbocycles. The van der Waals surface area contributed by atoms with Crippen molar-refractivity contribution in [3.8, 4) is 0 Å². The van der Waals surface area contributed by atoms with Crippen molar-refractivity contribution in [3.63, 3.8) is 0 Å². The summed E-state index contributed by atoms with van der Waals surface area (Å²) in [5, 5.41) is 3.34. The van der Waals surface area contributed by atoms with Gasteiger partial charge in [0.25, 0.3) is 0 Å². The predicted molar refractivity (Wildman–Crippen MR) is 68.2 cm³/mol. The molecule has 0 aromatic heterocycles. The number of carbonyl (C=O) groups excluding carboxylic acids is 1. The van der Waals surface area contributed by atoms with Gasteiger partial charge in [0.15, 0.2) is 0 Å². The number of rotatable bonds is 4. The molecule has 0 bridgehead atoms. The van der Waals surface area contributed by atoms with Crippen molar-refractivity contribution < 1.29 is 4.79 Å². The van der Waals surface area contributed by atoms with Gasteiger partial charge in [-0.25, -0.2) is 0 Å². The molecule has 0 fully saturated rings. The summed E-state index contributed by atoms with van der Waals surface area (Å²) in [7, 11) is 0. The van der Waals surface area contributed by atoms with Crippen molar-refractivity contribution in [1.82, 2.24) is 5.32 Å². The van der Waals surface area contributed by atoms with E-state index in [-0.39, 0.29) is 5.91 Å². The third kappa shape index (κ3) is 4.84. The number of nitrogens with one attached hydrogen (secondary N) is 1. The number of nitrogens with two attached hydrogens (primary N) is 1. The Labute approximate surface area is 100 Å². The van der Waals surface area contributed by atoms with Gasteiger partial charge in [-0.15, -0.1) is 0 Å². The zero-order valence-electron chi connectivity index (χ0n) is 9.16. The second-order valence-corrected chi connectivity index (χ2v) is 3.93. The highest BCUT2D eigenvalue weighted by atomic mass is 35.5. The molecule has 1 aromatic rings. The number of anilines is 1. The molecule has 0 unspecified atom stereocenters. The molecule has 86 valence electrons. The molecule has 0 atom stereocenters. The van der Waals surface area contributed by atoms with Gasteiger partial charge in [0, 0.05) is 24.2 Å². The van der Waals surface area contributed by atoms with E-state index >= 15 is 0 Å². The molecule has 0 aliphatic heterocycles. The first-order chi connectivity index (χ1) is 7.58. The minimum absolute atomic E-state index is 0.0135. The van der Waals surface area contributed by atoms with E-state index < -0.39 is 0 Å². The van der Waals surface area contributed by atoms with Gasteiger partial charge >= 0.3 is 0 Å². The van der Waals surface area contributed by atoms with Crippen LogP contribution in [0.15, 0.2) is 24.3 Å². The zero-order valence-corrected chi connectivity index (χ0v) is 9.92. The monoisotopic (exact) mass is 238 g/mol. The molecule has 1 rings (SSSR count). The summed E-state index contributed by atoms with van der Waals surface area (Å²) >= 11 is 5.86. The Balaban J connectivity index is 2.46. The predicted octanol–water partition coefficient (Wildman–Crippen LogP) is 2.46. The van der Waals surface area contributed by atoms with E-state index in [1.165, 1.54) is 6.92 Å². The van der Waals surface area contributed by atoms with E-state index in [1.54, 1.807) is 6.07 Å². The maximum Gasteiger partial charge on any atom is 0.216 e. The topological polar surface area (TPSA) is 55.1 Å². The molecule has 1 amide bonds. The molecule has 3 nitrogen and oxygen atoms in total. The number of nitrogen functional groups attached to an aromatic ring is 1. The van der Waals surface area contributed by atoms with Gasteiger partial charge in [-0.1, -0.05) is 23.8 Å². The van der Waals surface area contributed by atoms with Gasteiger partial charge in [-0.2, -0.15) is 0 Å². The van der Waals surface area contributed by atoms with Gasteiger partial charge in [0.2, 0.25) is 5.91 Å². The summed E-state index contributed by atoms with van der Waals surface area (Å²) in [5.74, 6) is -0.0135. The standard InChI is InChI=1S/C12H15ClN2O/c1-9(16)15-5-3-2-4-10-6-11(13)8-12(14)7-10/h2,4,6-8H,3,5,14H2,1H3,(H,15,16). The second-order valence-electron chi connectivity index (χ2n) is 3.49.